The normalized spacial score (nSPS) is 19.9. The lowest BCUT2D eigenvalue weighted by Gasteiger charge is -2.31. The first-order chi connectivity index (χ1) is 15.9. The van der Waals surface area contributed by atoms with Crippen molar-refractivity contribution in [1.82, 2.24) is 25.3 Å². The molecule has 2 fully saturated rings. The largest absolute Gasteiger partial charge is 0.338 e. The minimum absolute atomic E-state index is 0.0212. The summed E-state index contributed by atoms with van der Waals surface area (Å²) in [5.41, 5.74) is 3.70. The molecule has 0 spiro atoms. The number of nitrogens with zero attached hydrogens (tertiary/aromatic N) is 3. The highest BCUT2D eigenvalue weighted by Gasteiger charge is 2.34. The fourth-order valence-corrected chi connectivity index (χ4v) is 4.28. The Kier molecular flexibility index (Phi) is 5.65. The number of hydrogen-bond donors (Lipinski definition) is 3. The second-order valence-electron chi connectivity index (χ2n) is 9.38. The zero-order valence-corrected chi connectivity index (χ0v) is 19.1. The standard InChI is InChI=1S/C24H30N6O3/c1-14-12-29(13-26-22(31)16-4-5-16)24(33)21-10-20(28-30(14)21)18-8-3-15(11-25-2)9-19(18)27-23(32)17-6-7-17/h3,8-10,14,16-17,25H,4-7,11-13H2,1-2H3,(H,26,31)(H,27,32). The molecule has 2 aromatic rings. The van der Waals surface area contributed by atoms with Crippen LogP contribution in [0.5, 0.6) is 0 Å². The first kappa shape index (κ1) is 21.6. The van der Waals surface area contributed by atoms with Gasteiger partial charge in [0.2, 0.25) is 11.8 Å². The van der Waals surface area contributed by atoms with E-state index >= 15 is 0 Å². The summed E-state index contributed by atoms with van der Waals surface area (Å²) in [7, 11) is 1.88. The Bertz CT molecular complexity index is 1100. The van der Waals surface area contributed by atoms with E-state index in [4.69, 9.17) is 5.10 Å². The molecule has 9 nitrogen and oxygen atoms in total. The lowest BCUT2D eigenvalue weighted by atomic mass is 10.0. The molecule has 9 heteroatoms. The number of fused-ring (bicyclic) bond motifs is 1. The summed E-state index contributed by atoms with van der Waals surface area (Å²) in [6.45, 7) is 3.38. The van der Waals surface area contributed by atoms with E-state index in [0.29, 0.717) is 30.2 Å². The highest BCUT2D eigenvalue weighted by Crippen LogP contribution is 2.35. The van der Waals surface area contributed by atoms with Crippen LogP contribution in [0.3, 0.4) is 0 Å². The van der Waals surface area contributed by atoms with Crippen LogP contribution in [0.25, 0.3) is 11.3 Å². The van der Waals surface area contributed by atoms with E-state index in [-0.39, 0.29) is 42.3 Å². The molecule has 1 atom stereocenters. The van der Waals surface area contributed by atoms with E-state index in [1.807, 2.05) is 32.2 Å². The summed E-state index contributed by atoms with van der Waals surface area (Å²) in [5.74, 6) is 0.0895. The van der Waals surface area contributed by atoms with Crippen LogP contribution < -0.4 is 16.0 Å². The van der Waals surface area contributed by atoms with E-state index in [2.05, 4.69) is 16.0 Å². The molecule has 0 bridgehead atoms. The molecular formula is C24H30N6O3. The molecule has 174 valence electrons. The first-order valence-electron chi connectivity index (χ1n) is 11.7. The lowest BCUT2D eigenvalue weighted by Crippen LogP contribution is -2.48. The van der Waals surface area contributed by atoms with Crippen molar-refractivity contribution in [3.8, 4) is 11.3 Å². The topological polar surface area (TPSA) is 108 Å². The first-order valence-corrected chi connectivity index (χ1v) is 11.7. The van der Waals surface area contributed by atoms with Crippen LogP contribution >= 0.6 is 0 Å². The van der Waals surface area contributed by atoms with Gasteiger partial charge in [0.1, 0.15) is 5.69 Å². The number of aromatic nitrogens is 2. The Morgan fingerprint density at radius 1 is 1.09 bits per heavy atom. The minimum atomic E-state index is -0.154. The van der Waals surface area contributed by atoms with Gasteiger partial charge in [0.05, 0.1) is 24.1 Å². The average Bonchev–Trinajstić information content (AvgIpc) is 3.72. The van der Waals surface area contributed by atoms with Gasteiger partial charge in [-0.05, 0) is 57.4 Å². The molecule has 1 aliphatic heterocycles. The van der Waals surface area contributed by atoms with Gasteiger partial charge in [0, 0.05) is 30.5 Å². The Hall–Kier alpha value is -3.20. The minimum Gasteiger partial charge on any atom is -0.338 e. The lowest BCUT2D eigenvalue weighted by molar-refractivity contribution is -0.122. The summed E-state index contributed by atoms with van der Waals surface area (Å²) in [5, 5.41) is 13.8. The Balaban J connectivity index is 1.41. The number of anilines is 1. The molecule has 1 unspecified atom stereocenters. The van der Waals surface area contributed by atoms with Crippen molar-refractivity contribution in [2.75, 3.05) is 25.6 Å². The second kappa shape index (κ2) is 8.62. The number of nitrogens with one attached hydrogen (secondary N) is 3. The molecule has 3 aliphatic rings. The van der Waals surface area contributed by atoms with E-state index in [0.717, 1.165) is 36.8 Å². The fraction of sp³-hybridized carbons (Fsp3) is 0.500. The van der Waals surface area contributed by atoms with Crippen molar-refractivity contribution in [2.24, 2.45) is 11.8 Å². The smallest absolute Gasteiger partial charge is 0.273 e. The Morgan fingerprint density at radius 3 is 2.52 bits per heavy atom. The molecule has 1 aromatic carbocycles. The van der Waals surface area contributed by atoms with Gasteiger partial charge in [-0.25, -0.2) is 0 Å². The molecular weight excluding hydrogens is 420 g/mol. The third kappa shape index (κ3) is 4.50. The van der Waals surface area contributed by atoms with E-state index in [1.165, 1.54) is 0 Å². The highest BCUT2D eigenvalue weighted by molar-refractivity contribution is 5.99. The zero-order chi connectivity index (χ0) is 23.1. The number of hydrogen-bond acceptors (Lipinski definition) is 5. The number of rotatable bonds is 8. The summed E-state index contributed by atoms with van der Waals surface area (Å²) in [6.07, 6.45) is 3.71. The van der Waals surface area contributed by atoms with Gasteiger partial charge < -0.3 is 20.9 Å². The van der Waals surface area contributed by atoms with Crippen molar-refractivity contribution >= 4 is 23.4 Å². The van der Waals surface area contributed by atoms with Gasteiger partial charge in [0.25, 0.3) is 5.91 Å². The number of benzene rings is 1. The van der Waals surface area contributed by atoms with E-state index < -0.39 is 0 Å². The predicted molar refractivity (Wildman–Crippen MR) is 123 cm³/mol. The van der Waals surface area contributed by atoms with Crippen LogP contribution in [0.15, 0.2) is 24.3 Å². The SMILES string of the molecule is CNCc1ccc(-c2cc3n(n2)C(C)CN(CNC(=O)C2CC2)C3=O)c(NC(=O)C2CC2)c1. The summed E-state index contributed by atoms with van der Waals surface area (Å²) >= 11 is 0. The summed E-state index contributed by atoms with van der Waals surface area (Å²) in [4.78, 5) is 39.3. The maximum atomic E-state index is 13.1. The van der Waals surface area contributed by atoms with Crippen molar-refractivity contribution < 1.29 is 14.4 Å². The predicted octanol–water partition coefficient (Wildman–Crippen LogP) is 2.12. The van der Waals surface area contributed by atoms with Gasteiger partial charge in [0.15, 0.2) is 0 Å². The van der Waals surface area contributed by atoms with Crippen molar-refractivity contribution in [2.45, 2.75) is 45.2 Å². The third-order valence-corrected chi connectivity index (χ3v) is 6.48. The molecule has 2 heterocycles. The molecule has 1 aromatic heterocycles. The average molecular weight is 451 g/mol. The van der Waals surface area contributed by atoms with Crippen molar-refractivity contribution in [3.63, 3.8) is 0 Å². The van der Waals surface area contributed by atoms with Gasteiger partial charge in [-0.2, -0.15) is 5.10 Å². The molecule has 3 N–H and O–H groups in total. The van der Waals surface area contributed by atoms with Crippen LogP contribution in [0.1, 0.15) is 54.7 Å². The van der Waals surface area contributed by atoms with Gasteiger partial charge in [-0.1, -0.05) is 12.1 Å². The van der Waals surface area contributed by atoms with E-state index in [1.54, 1.807) is 15.6 Å². The van der Waals surface area contributed by atoms with Gasteiger partial charge >= 0.3 is 0 Å². The molecule has 33 heavy (non-hydrogen) atoms. The fourth-order valence-electron chi connectivity index (χ4n) is 4.28. The van der Waals surface area contributed by atoms with Crippen LogP contribution in [-0.2, 0) is 16.1 Å². The highest BCUT2D eigenvalue weighted by atomic mass is 16.2. The number of amides is 3. The maximum absolute atomic E-state index is 13.1. The third-order valence-electron chi connectivity index (χ3n) is 6.48. The molecule has 0 radical (unpaired) electrons. The Labute approximate surface area is 192 Å². The van der Waals surface area contributed by atoms with Crippen molar-refractivity contribution in [3.05, 3.63) is 35.5 Å². The van der Waals surface area contributed by atoms with Gasteiger partial charge in [-0.15, -0.1) is 0 Å². The number of carbonyl (C=O) groups is 3. The van der Waals surface area contributed by atoms with E-state index in [9.17, 15) is 14.4 Å². The van der Waals surface area contributed by atoms with Crippen LogP contribution in [0, 0.1) is 11.8 Å². The maximum Gasteiger partial charge on any atom is 0.273 e. The quantitative estimate of drug-likeness (QED) is 0.571. The summed E-state index contributed by atoms with van der Waals surface area (Å²) < 4.78 is 1.75. The molecule has 0 saturated heterocycles. The molecule has 5 rings (SSSR count). The second-order valence-corrected chi connectivity index (χ2v) is 9.38. The molecule has 2 saturated carbocycles. The molecule has 2 aliphatic carbocycles. The molecule has 3 amide bonds. The van der Waals surface area contributed by atoms with Crippen LogP contribution in [0.4, 0.5) is 5.69 Å². The van der Waals surface area contributed by atoms with Gasteiger partial charge in [-0.3, -0.25) is 19.1 Å². The van der Waals surface area contributed by atoms with Crippen molar-refractivity contribution in [1.29, 1.82) is 0 Å². The van der Waals surface area contributed by atoms with Crippen LogP contribution in [-0.4, -0.2) is 52.7 Å². The zero-order valence-electron chi connectivity index (χ0n) is 19.1. The number of carbonyl (C=O) groups excluding carboxylic acids is 3. The Morgan fingerprint density at radius 2 is 1.82 bits per heavy atom. The van der Waals surface area contributed by atoms with Crippen LogP contribution in [0.2, 0.25) is 0 Å². The monoisotopic (exact) mass is 450 g/mol. The summed E-state index contributed by atoms with van der Waals surface area (Å²) in [6, 6.07) is 7.68.